The van der Waals surface area contributed by atoms with E-state index in [-0.39, 0.29) is 24.0 Å². The smallest absolute Gasteiger partial charge is 0.222 e. The maximum absolute atomic E-state index is 11.8. The lowest BCUT2D eigenvalue weighted by atomic mass is 9.93. The first-order valence-corrected chi connectivity index (χ1v) is 6.74. The Balaban J connectivity index is 2.47. The molecule has 0 aromatic rings. The molecule has 0 radical (unpaired) electrons. The minimum absolute atomic E-state index is 0.00190. The highest BCUT2D eigenvalue weighted by Crippen LogP contribution is 2.24. The first kappa shape index (κ1) is 15.4. The van der Waals surface area contributed by atoms with Gasteiger partial charge in [0.05, 0.1) is 18.8 Å². The molecule has 0 aliphatic carbocycles. The highest BCUT2D eigenvalue weighted by Gasteiger charge is 2.34. The van der Waals surface area contributed by atoms with Crippen molar-refractivity contribution in [2.45, 2.75) is 38.7 Å². The van der Waals surface area contributed by atoms with E-state index in [0.717, 1.165) is 19.3 Å². The van der Waals surface area contributed by atoms with Crippen molar-refractivity contribution in [1.82, 2.24) is 5.32 Å². The average molecular weight is 259 g/mol. The molecule has 0 aromatic heterocycles. The number of carbonyl (C=O) groups is 1. The van der Waals surface area contributed by atoms with E-state index in [4.69, 9.17) is 14.6 Å². The molecule has 5 nitrogen and oxygen atoms in total. The Morgan fingerprint density at radius 2 is 2.17 bits per heavy atom. The fourth-order valence-electron chi connectivity index (χ4n) is 1.99. The van der Waals surface area contributed by atoms with Crippen LogP contribution in [0.25, 0.3) is 0 Å². The zero-order chi connectivity index (χ0) is 13.4. The van der Waals surface area contributed by atoms with Crippen LogP contribution in [-0.4, -0.2) is 49.6 Å². The number of carbonyl (C=O) groups excluding carboxylic acids is 1. The SMILES string of the molecule is CC[C@H](C)C(=O)NCC1(OCCO)CCOCC1. The number of amides is 1. The lowest BCUT2D eigenvalue weighted by Gasteiger charge is -2.37. The van der Waals surface area contributed by atoms with Gasteiger partial charge in [0.1, 0.15) is 0 Å². The average Bonchev–Trinajstić information content (AvgIpc) is 2.43. The molecule has 1 amide bonds. The number of hydrogen-bond donors (Lipinski definition) is 2. The summed E-state index contributed by atoms with van der Waals surface area (Å²) < 4.78 is 11.1. The summed E-state index contributed by atoms with van der Waals surface area (Å²) in [5.74, 6) is 0.0932. The van der Waals surface area contributed by atoms with Crippen molar-refractivity contribution in [3.8, 4) is 0 Å². The van der Waals surface area contributed by atoms with Crippen LogP contribution >= 0.6 is 0 Å². The first-order chi connectivity index (χ1) is 8.63. The number of aliphatic hydroxyl groups is 1. The first-order valence-electron chi connectivity index (χ1n) is 6.74. The standard InChI is InChI=1S/C13H25NO4/c1-3-11(2)12(16)14-10-13(18-9-6-15)4-7-17-8-5-13/h11,15H,3-10H2,1-2H3,(H,14,16)/t11-/m0/s1. The van der Waals surface area contributed by atoms with Gasteiger partial charge in [-0.2, -0.15) is 0 Å². The van der Waals surface area contributed by atoms with Crippen LogP contribution in [0.2, 0.25) is 0 Å². The summed E-state index contributed by atoms with van der Waals surface area (Å²) in [6, 6.07) is 0. The molecule has 1 atom stereocenters. The van der Waals surface area contributed by atoms with Crippen LogP contribution in [0.1, 0.15) is 33.1 Å². The van der Waals surface area contributed by atoms with Gasteiger partial charge in [-0.1, -0.05) is 13.8 Å². The maximum atomic E-state index is 11.8. The molecule has 1 heterocycles. The summed E-state index contributed by atoms with van der Waals surface area (Å²) >= 11 is 0. The van der Waals surface area contributed by atoms with Crippen molar-refractivity contribution in [2.24, 2.45) is 5.92 Å². The molecule has 1 aliphatic heterocycles. The van der Waals surface area contributed by atoms with E-state index >= 15 is 0 Å². The van der Waals surface area contributed by atoms with E-state index in [1.807, 2.05) is 13.8 Å². The summed E-state index contributed by atoms with van der Waals surface area (Å²) in [7, 11) is 0. The van der Waals surface area contributed by atoms with Gasteiger partial charge in [0.25, 0.3) is 0 Å². The molecule has 5 heteroatoms. The van der Waals surface area contributed by atoms with E-state index in [1.165, 1.54) is 0 Å². The Morgan fingerprint density at radius 1 is 1.50 bits per heavy atom. The van der Waals surface area contributed by atoms with Crippen LogP contribution in [0.5, 0.6) is 0 Å². The molecule has 0 spiro atoms. The number of nitrogens with one attached hydrogen (secondary N) is 1. The molecule has 106 valence electrons. The number of rotatable bonds is 7. The van der Waals surface area contributed by atoms with Crippen molar-refractivity contribution in [3.05, 3.63) is 0 Å². The van der Waals surface area contributed by atoms with Crippen molar-refractivity contribution in [3.63, 3.8) is 0 Å². The van der Waals surface area contributed by atoms with Gasteiger partial charge >= 0.3 is 0 Å². The molecule has 0 saturated carbocycles. The van der Waals surface area contributed by atoms with E-state index < -0.39 is 0 Å². The molecule has 0 bridgehead atoms. The molecule has 0 aromatic carbocycles. The van der Waals surface area contributed by atoms with Gasteiger partial charge in [-0.3, -0.25) is 4.79 Å². The Morgan fingerprint density at radius 3 is 2.72 bits per heavy atom. The van der Waals surface area contributed by atoms with Crippen molar-refractivity contribution in [2.75, 3.05) is 33.0 Å². The predicted octanol–water partition coefficient (Wildman–Crippen LogP) is 0.707. The van der Waals surface area contributed by atoms with Gasteiger partial charge in [-0.25, -0.2) is 0 Å². The zero-order valence-electron chi connectivity index (χ0n) is 11.4. The van der Waals surface area contributed by atoms with E-state index in [2.05, 4.69) is 5.32 Å². The second-order valence-electron chi connectivity index (χ2n) is 4.89. The van der Waals surface area contributed by atoms with Gasteiger partial charge in [-0.15, -0.1) is 0 Å². The van der Waals surface area contributed by atoms with Gasteiger partial charge < -0.3 is 19.9 Å². The second-order valence-corrected chi connectivity index (χ2v) is 4.89. The molecular formula is C13H25NO4. The predicted molar refractivity (Wildman–Crippen MR) is 68.3 cm³/mol. The molecule has 2 N–H and O–H groups in total. The third kappa shape index (κ3) is 4.55. The normalized spacial score (nSPS) is 20.4. The van der Waals surface area contributed by atoms with Gasteiger partial charge in [-0.05, 0) is 6.42 Å². The van der Waals surface area contributed by atoms with Crippen LogP contribution in [0.4, 0.5) is 0 Å². The molecule has 1 saturated heterocycles. The highest BCUT2D eigenvalue weighted by molar-refractivity contribution is 5.78. The summed E-state index contributed by atoms with van der Waals surface area (Å²) in [6.07, 6.45) is 2.35. The minimum atomic E-state index is -0.371. The monoisotopic (exact) mass is 259 g/mol. The van der Waals surface area contributed by atoms with Crippen molar-refractivity contribution in [1.29, 1.82) is 0 Å². The zero-order valence-corrected chi connectivity index (χ0v) is 11.4. The molecular weight excluding hydrogens is 234 g/mol. The van der Waals surface area contributed by atoms with Crippen LogP contribution < -0.4 is 5.32 Å². The Hall–Kier alpha value is -0.650. The molecule has 1 aliphatic rings. The fourth-order valence-corrected chi connectivity index (χ4v) is 1.99. The highest BCUT2D eigenvalue weighted by atomic mass is 16.5. The van der Waals surface area contributed by atoms with E-state index in [9.17, 15) is 4.79 Å². The van der Waals surface area contributed by atoms with Gasteiger partial charge in [0.2, 0.25) is 5.91 Å². The Kier molecular flexibility index (Phi) is 6.60. The second kappa shape index (κ2) is 7.71. The molecule has 18 heavy (non-hydrogen) atoms. The van der Waals surface area contributed by atoms with Crippen LogP contribution in [0.3, 0.4) is 0 Å². The van der Waals surface area contributed by atoms with Gasteiger partial charge in [0, 0.05) is 38.5 Å². The van der Waals surface area contributed by atoms with Crippen LogP contribution in [0, 0.1) is 5.92 Å². The lowest BCUT2D eigenvalue weighted by Crippen LogP contribution is -2.50. The van der Waals surface area contributed by atoms with Crippen molar-refractivity contribution >= 4 is 5.91 Å². The number of ether oxygens (including phenoxy) is 2. The molecule has 1 fully saturated rings. The van der Waals surface area contributed by atoms with Crippen LogP contribution in [-0.2, 0) is 14.3 Å². The maximum Gasteiger partial charge on any atom is 0.222 e. The third-order valence-corrected chi connectivity index (χ3v) is 3.55. The van der Waals surface area contributed by atoms with Crippen LogP contribution in [0.15, 0.2) is 0 Å². The Bertz CT molecular complexity index is 251. The fraction of sp³-hybridized carbons (Fsp3) is 0.923. The summed E-state index contributed by atoms with van der Waals surface area (Å²) in [5, 5.41) is 11.8. The summed E-state index contributed by atoms with van der Waals surface area (Å²) in [4.78, 5) is 11.8. The van der Waals surface area contributed by atoms with E-state index in [1.54, 1.807) is 0 Å². The summed E-state index contributed by atoms with van der Waals surface area (Å²) in [6.45, 7) is 6.01. The largest absolute Gasteiger partial charge is 0.394 e. The Labute approximate surface area is 109 Å². The topological polar surface area (TPSA) is 67.8 Å². The summed E-state index contributed by atoms with van der Waals surface area (Å²) in [5.41, 5.74) is -0.371. The lowest BCUT2D eigenvalue weighted by molar-refractivity contribution is -0.133. The van der Waals surface area contributed by atoms with Crippen molar-refractivity contribution < 1.29 is 19.4 Å². The minimum Gasteiger partial charge on any atom is -0.394 e. The number of aliphatic hydroxyl groups excluding tert-OH is 1. The van der Waals surface area contributed by atoms with Gasteiger partial charge in [0.15, 0.2) is 0 Å². The molecule has 1 rings (SSSR count). The number of hydrogen-bond acceptors (Lipinski definition) is 4. The molecule has 0 unspecified atom stereocenters. The third-order valence-electron chi connectivity index (χ3n) is 3.55. The van der Waals surface area contributed by atoms with E-state index in [0.29, 0.717) is 26.4 Å². The quantitative estimate of drug-likeness (QED) is 0.706.